The van der Waals surface area contributed by atoms with Crippen molar-refractivity contribution in [1.29, 1.82) is 0 Å². The summed E-state index contributed by atoms with van der Waals surface area (Å²) in [4.78, 5) is 28.3. The first-order chi connectivity index (χ1) is 16.9. The third kappa shape index (κ3) is 7.85. The smallest absolute Gasteiger partial charge is 0.244 e. The van der Waals surface area contributed by atoms with Crippen LogP contribution in [0.25, 0.3) is 0 Å². The zero-order valence-electron chi connectivity index (χ0n) is 21.5. The Labute approximate surface area is 224 Å². The van der Waals surface area contributed by atoms with E-state index in [1.807, 2.05) is 19.9 Å². The second kappa shape index (κ2) is 13.3. The standard InChI is InChI=1S/C26H35Cl2N3O4S/c1-6-8-14-29-26(33)23(7-2)30(16-20-12-13-21(27)15-22(20)28)24(32)17-31(36(5,34)35)25-18(3)10-9-11-19(25)4/h9-13,15,23H,6-8,14,16-17H2,1-5H3,(H,29,33). The molecule has 2 aromatic rings. The SMILES string of the molecule is CCCCNC(=O)C(CC)N(Cc1ccc(Cl)cc1Cl)C(=O)CN(c1c(C)cccc1C)S(C)(=O)=O. The van der Waals surface area contributed by atoms with E-state index in [9.17, 15) is 18.0 Å². The van der Waals surface area contributed by atoms with Gasteiger partial charge in [-0.3, -0.25) is 13.9 Å². The van der Waals surface area contributed by atoms with Crippen molar-refractivity contribution >= 4 is 50.7 Å². The van der Waals surface area contributed by atoms with Crippen LogP contribution in [0.15, 0.2) is 36.4 Å². The summed E-state index contributed by atoms with van der Waals surface area (Å²) in [6.07, 6.45) is 3.14. The van der Waals surface area contributed by atoms with Gasteiger partial charge >= 0.3 is 0 Å². The highest BCUT2D eigenvalue weighted by molar-refractivity contribution is 7.92. The average molecular weight is 557 g/mol. The first-order valence-corrected chi connectivity index (χ1v) is 14.6. The van der Waals surface area contributed by atoms with Crippen molar-refractivity contribution in [3.63, 3.8) is 0 Å². The molecule has 2 amide bonds. The summed E-state index contributed by atoms with van der Waals surface area (Å²) in [5.74, 6) is -0.797. The van der Waals surface area contributed by atoms with Crippen LogP contribution in [-0.2, 0) is 26.2 Å². The molecule has 1 unspecified atom stereocenters. The maximum atomic E-state index is 13.8. The third-order valence-corrected chi connectivity index (χ3v) is 7.64. The molecule has 2 rings (SSSR count). The van der Waals surface area contributed by atoms with Crippen LogP contribution >= 0.6 is 23.2 Å². The molecule has 0 heterocycles. The lowest BCUT2D eigenvalue weighted by molar-refractivity contribution is -0.140. The highest BCUT2D eigenvalue weighted by Crippen LogP contribution is 2.28. The maximum absolute atomic E-state index is 13.8. The molecule has 0 aliphatic carbocycles. The molecule has 0 saturated carbocycles. The van der Waals surface area contributed by atoms with E-state index < -0.39 is 28.5 Å². The number of rotatable bonds is 12. The topological polar surface area (TPSA) is 86.8 Å². The van der Waals surface area contributed by atoms with Gasteiger partial charge in [0.25, 0.3) is 0 Å². The summed E-state index contributed by atoms with van der Waals surface area (Å²) >= 11 is 12.4. The summed E-state index contributed by atoms with van der Waals surface area (Å²) in [5, 5.41) is 3.70. The number of benzene rings is 2. The van der Waals surface area contributed by atoms with Crippen LogP contribution < -0.4 is 9.62 Å². The molecule has 0 fully saturated rings. The number of anilines is 1. The number of nitrogens with one attached hydrogen (secondary N) is 1. The number of para-hydroxylation sites is 1. The van der Waals surface area contributed by atoms with E-state index in [0.29, 0.717) is 34.3 Å². The fraction of sp³-hybridized carbons (Fsp3) is 0.462. The number of nitrogens with zero attached hydrogens (tertiary/aromatic N) is 2. The normalized spacial score (nSPS) is 12.2. The predicted octanol–water partition coefficient (Wildman–Crippen LogP) is 5.10. The Balaban J connectivity index is 2.50. The van der Waals surface area contributed by atoms with Gasteiger partial charge in [0.2, 0.25) is 21.8 Å². The van der Waals surface area contributed by atoms with Gasteiger partial charge in [-0.1, -0.05) is 67.7 Å². The second-order valence-corrected chi connectivity index (χ2v) is 11.6. The molecule has 0 bridgehead atoms. The van der Waals surface area contributed by atoms with Gasteiger partial charge in [0, 0.05) is 23.1 Å². The monoisotopic (exact) mass is 555 g/mol. The Morgan fingerprint density at radius 3 is 2.22 bits per heavy atom. The van der Waals surface area contributed by atoms with Crippen LogP contribution in [0.1, 0.15) is 49.8 Å². The van der Waals surface area contributed by atoms with Crippen LogP contribution in [0.4, 0.5) is 5.69 Å². The van der Waals surface area contributed by atoms with Gasteiger partial charge in [-0.25, -0.2) is 8.42 Å². The van der Waals surface area contributed by atoms with Gasteiger partial charge in [-0.05, 0) is 55.5 Å². The van der Waals surface area contributed by atoms with E-state index in [1.54, 1.807) is 44.2 Å². The minimum absolute atomic E-state index is 0.0267. The van der Waals surface area contributed by atoms with E-state index in [0.717, 1.165) is 34.5 Å². The number of hydrogen-bond donors (Lipinski definition) is 1. The zero-order valence-corrected chi connectivity index (χ0v) is 23.8. The number of sulfonamides is 1. The minimum atomic E-state index is -3.81. The zero-order chi connectivity index (χ0) is 27.0. The summed E-state index contributed by atoms with van der Waals surface area (Å²) < 4.78 is 26.8. The quantitative estimate of drug-likeness (QED) is 0.369. The fourth-order valence-electron chi connectivity index (χ4n) is 4.03. The third-order valence-electron chi connectivity index (χ3n) is 5.94. The number of unbranched alkanes of at least 4 members (excludes halogenated alkanes) is 1. The predicted molar refractivity (Wildman–Crippen MR) is 147 cm³/mol. The number of carbonyl (C=O) groups is 2. The molecule has 36 heavy (non-hydrogen) atoms. The number of hydrogen-bond acceptors (Lipinski definition) is 4. The van der Waals surface area contributed by atoms with Crippen LogP contribution in [0.3, 0.4) is 0 Å². The van der Waals surface area contributed by atoms with Crippen LogP contribution in [0.2, 0.25) is 10.0 Å². The van der Waals surface area contributed by atoms with Crippen LogP contribution in [0.5, 0.6) is 0 Å². The van der Waals surface area contributed by atoms with Crippen molar-refractivity contribution in [3.05, 3.63) is 63.1 Å². The lowest BCUT2D eigenvalue weighted by Crippen LogP contribution is -2.52. The first-order valence-electron chi connectivity index (χ1n) is 12.0. The van der Waals surface area contributed by atoms with Gasteiger partial charge in [-0.15, -0.1) is 0 Å². The van der Waals surface area contributed by atoms with Gasteiger partial charge in [0.05, 0.1) is 11.9 Å². The van der Waals surface area contributed by atoms with Gasteiger partial charge in [-0.2, -0.15) is 0 Å². The Morgan fingerprint density at radius 1 is 1.06 bits per heavy atom. The second-order valence-electron chi connectivity index (χ2n) is 8.84. The molecule has 10 heteroatoms. The molecule has 0 saturated heterocycles. The molecule has 0 aliphatic rings. The molecule has 198 valence electrons. The largest absolute Gasteiger partial charge is 0.354 e. The highest BCUT2D eigenvalue weighted by atomic mass is 35.5. The van der Waals surface area contributed by atoms with Crippen LogP contribution in [-0.4, -0.2) is 50.5 Å². The Hall–Kier alpha value is -2.29. The van der Waals surface area contributed by atoms with Gasteiger partial charge < -0.3 is 10.2 Å². The first kappa shape index (κ1) is 29.9. The number of amides is 2. The molecule has 1 N–H and O–H groups in total. The van der Waals surface area contributed by atoms with E-state index >= 15 is 0 Å². The van der Waals surface area contributed by atoms with Crippen molar-refractivity contribution in [3.8, 4) is 0 Å². The van der Waals surface area contributed by atoms with Crippen molar-refractivity contribution in [1.82, 2.24) is 10.2 Å². The number of aryl methyl sites for hydroxylation is 2. The van der Waals surface area contributed by atoms with Crippen molar-refractivity contribution in [2.75, 3.05) is 23.7 Å². The van der Waals surface area contributed by atoms with E-state index in [4.69, 9.17) is 23.2 Å². The Morgan fingerprint density at radius 2 is 1.69 bits per heavy atom. The minimum Gasteiger partial charge on any atom is -0.354 e. The highest BCUT2D eigenvalue weighted by Gasteiger charge is 2.32. The fourth-order valence-corrected chi connectivity index (χ4v) is 5.47. The Kier molecular flexibility index (Phi) is 11.1. The molecular formula is C26H35Cl2N3O4S. The van der Waals surface area contributed by atoms with Gasteiger partial charge in [0.15, 0.2) is 0 Å². The Bertz CT molecular complexity index is 1170. The molecule has 0 aromatic heterocycles. The van der Waals surface area contributed by atoms with Crippen molar-refractivity contribution in [2.45, 2.75) is 59.5 Å². The molecule has 0 spiro atoms. The van der Waals surface area contributed by atoms with Crippen LogP contribution in [0, 0.1) is 13.8 Å². The number of carbonyl (C=O) groups excluding carboxylic acids is 2. The molecule has 0 radical (unpaired) electrons. The summed E-state index contributed by atoms with van der Waals surface area (Å²) in [6, 6.07) is 9.56. The summed E-state index contributed by atoms with van der Waals surface area (Å²) in [5.41, 5.74) is 2.51. The van der Waals surface area contributed by atoms with Crippen molar-refractivity contribution in [2.24, 2.45) is 0 Å². The average Bonchev–Trinajstić information content (AvgIpc) is 2.79. The van der Waals surface area contributed by atoms with E-state index in [1.165, 1.54) is 4.90 Å². The molecule has 2 aromatic carbocycles. The molecule has 1 atom stereocenters. The van der Waals surface area contributed by atoms with Gasteiger partial charge in [0.1, 0.15) is 12.6 Å². The van der Waals surface area contributed by atoms with E-state index in [-0.39, 0.29) is 12.5 Å². The van der Waals surface area contributed by atoms with Crippen molar-refractivity contribution < 1.29 is 18.0 Å². The summed E-state index contributed by atoms with van der Waals surface area (Å²) in [6.45, 7) is 7.50. The molecular weight excluding hydrogens is 521 g/mol. The molecule has 0 aliphatic heterocycles. The van der Waals surface area contributed by atoms with E-state index in [2.05, 4.69) is 5.32 Å². The lowest BCUT2D eigenvalue weighted by Gasteiger charge is -2.33. The summed E-state index contributed by atoms with van der Waals surface area (Å²) in [7, 11) is -3.81. The maximum Gasteiger partial charge on any atom is 0.244 e. The molecule has 7 nitrogen and oxygen atoms in total. The lowest BCUT2D eigenvalue weighted by atomic mass is 10.1. The number of halogens is 2.